The van der Waals surface area contributed by atoms with Gasteiger partial charge in [-0.25, -0.2) is 0 Å². The second-order valence-electron chi connectivity index (χ2n) is 6.23. The average molecular weight is 208 g/mol. The molecule has 0 aromatic heterocycles. The molecular formula is C14H24O. The number of hydrogen-bond acceptors (Lipinski definition) is 1. The van der Waals surface area contributed by atoms with Crippen LogP contribution in [-0.4, -0.2) is 5.78 Å². The van der Waals surface area contributed by atoms with Crippen LogP contribution in [0, 0.1) is 23.2 Å². The molecule has 0 saturated heterocycles. The van der Waals surface area contributed by atoms with E-state index in [0.29, 0.717) is 23.5 Å². The van der Waals surface area contributed by atoms with E-state index in [4.69, 9.17) is 0 Å². The van der Waals surface area contributed by atoms with Gasteiger partial charge in [-0.2, -0.15) is 0 Å². The lowest BCUT2D eigenvalue weighted by Crippen LogP contribution is -2.45. The molecule has 0 N–H and O–H groups in total. The van der Waals surface area contributed by atoms with Crippen LogP contribution in [-0.2, 0) is 4.79 Å². The van der Waals surface area contributed by atoms with Crippen LogP contribution in [0.3, 0.4) is 0 Å². The van der Waals surface area contributed by atoms with Crippen LogP contribution in [0.25, 0.3) is 0 Å². The van der Waals surface area contributed by atoms with E-state index in [9.17, 15) is 4.79 Å². The summed E-state index contributed by atoms with van der Waals surface area (Å²) in [6, 6.07) is 0. The van der Waals surface area contributed by atoms with Crippen LogP contribution in [0.4, 0.5) is 0 Å². The minimum absolute atomic E-state index is 0.0592. The number of carbonyl (C=O) groups excluding carboxylic acids is 1. The third-order valence-electron chi connectivity index (χ3n) is 5.01. The van der Waals surface area contributed by atoms with Gasteiger partial charge in [-0.1, -0.05) is 33.6 Å². The number of Topliss-reactive ketones (excluding diaryl/α,β-unsaturated/α-hetero) is 1. The summed E-state index contributed by atoms with van der Waals surface area (Å²) in [6.45, 7) is 6.77. The SMILES string of the molecule is CC(C)[C@@H]1CC(=O)[C@]2(C)CCCC[C@@H]2C1. The molecular weight excluding hydrogens is 184 g/mol. The zero-order valence-electron chi connectivity index (χ0n) is 10.4. The topological polar surface area (TPSA) is 17.1 Å². The van der Waals surface area contributed by atoms with Crippen molar-refractivity contribution in [3.63, 3.8) is 0 Å². The number of carbonyl (C=O) groups is 1. The summed E-state index contributed by atoms with van der Waals surface area (Å²) in [4.78, 5) is 12.3. The Morgan fingerprint density at radius 3 is 2.73 bits per heavy atom. The monoisotopic (exact) mass is 208 g/mol. The van der Waals surface area contributed by atoms with Crippen LogP contribution in [0.2, 0.25) is 0 Å². The normalized spacial score (nSPS) is 41.7. The first kappa shape index (κ1) is 11.2. The van der Waals surface area contributed by atoms with Crippen molar-refractivity contribution in [3.8, 4) is 0 Å². The van der Waals surface area contributed by atoms with E-state index in [-0.39, 0.29) is 5.41 Å². The molecule has 86 valence electrons. The maximum absolute atomic E-state index is 12.3. The predicted octanol–water partition coefficient (Wildman–Crippen LogP) is 3.82. The van der Waals surface area contributed by atoms with E-state index < -0.39 is 0 Å². The largest absolute Gasteiger partial charge is 0.299 e. The molecule has 15 heavy (non-hydrogen) atoms. The van der Waals surface area contributed by atoms with Gasteiger partial charge in [0.2, 0.25) is 0 Å². The first-order valence-electron chi connectivity index (χ1n) is 6.57. The van der Waals surface area contributed by atoms with Gasteiger partial charge in [-0.15, -0.1) is 0 Å². The molecule has 3 atom stereocenters. The summed E-state index contributed by atoms with van der Waals surface area (Å²) in [6.07, 6.45) is 7.22. The maximum atomic E-state index is 12.3. The maximum Gasteiger partial charge on any atom is 0.139 e. The average Bonchev–Trinajstić information content (AvgIpc) is 2.19. The summed E-state index contributed by atoms with van der Waals surface area (Å²) in [5.74, 6) is 2.60. The first-order chi connectivity index (χ1) is 7.04. The van der Waals surface area contributed by atoms with Gasteiger partial charge in [-0.3, -0.25) is 4.79 Å². The van der Waals surface area contributed by atoms with Gasteiger partial charge in [0.25, 0.3) is 0 Å². The fourth-order valence-electron chi connectivity index (χ4n) is 3.58. The van der Waals surface area contributed by atoms with E-state index in [1.54, 1.807) is 0 Å². The lowest BCUT2D eigenvalue weighted by molar-refractivity contribution is -0.139. The number of rotatable bonds is 1. The van der Waals surface area contributed by atoms with E-state index in [2.05, 4.69) is 20.8 Å². The van der Waals surface area contributed by atoms with Crippen LogP contribution in [0.1, 0.15) is 59.3 Å². The Bertz CT molecular complexity index is 256. The number of hydrogen-bond donors (Lipinski definition) is 0. The Balaban J connectivity index is 2.15. The molecule has 2 saturated carbocycles. The third-order valence-corrected chi connectivity index (χ3v) is 5.01. The van der Waals surface area contributed by atoms with Crippen LogP contribution < -0.4 is 0 Å². The zero-order valence-corrected chi connectivity index (χ0v) is 10.4. The first-order valence-corrected chi connectivity index (χ1v) is 6.57. The van der Waals surface area contributed by atoms with Gasteiger partial charge < -0.3 is 0 Å². The summed E-state index contributed by atoms with van der Waals surface area (Å²) < 4.78 is 0. The molecule has 0 radical (unpaired) electrons. The Labute approximate surface area is 93.6 Å². The summed E-state index contributed by atoms with van der Waals surface area (Å²) in [5.41, 5.74) is 0.0592. The van der Waals surface area contributed by atoms with Crippen molar-refractivity contribution >= 4 is 5.78 Å². The second-order valence-corrected chi connectivity index (χ2v) is 6.23. The summed E-state index contributed by atoms with van der Waals surface area (Å²) in [5, 5.41) is 0. The Hall–Kier alpha value is -0.330. The highest BCUT2D eigenvalue weighted by atomic mass is 16.1. The number of ketones is 1. The molecule has 1 heteroatoms. The molecule has 2 rings (SSSR count). The molecule has 0 spiro atoms. The second kappa shape index (κ2) is 3.92. The minimum Gasteiger partial charge on any atom is -0.299 e. The van der Waals surface area contributed by atoms with Crippen molar-refractivity contribution in [2.24, 2.45) is 23.2 Å². The Morgan fingerprint density at radius 1 is 1.33 bits per heavy atom. The Morgan fingerprint density at radius 2 is 2.07 bits per heavy atom. The highest BCUT2D eigenvalue weighted by Crippen LogP contribution is 2.50. The molecule has 0 aromatic rings. The lowest BCUT2D eigenvalue weighted by atomic mass is 9.56. The van der Waals surface area contributed by atoms with Crippen LogP contribution >= 0.6 is 0 Å². The van der Waals surface area contributed by atoms with Crippen LogP contribution in [0.15, 0.2) is 0 Å². The van der Waals surface area contributed by atoms with Gasteiger partial charge in [0.15, 0.2) is 0 Å². The van der Waals surface area contributed by atoms with Crippen molar-refractivity contribution in [2.75, 3.05) is 0 Å². The molecule has 0 amide bonds. The lowest BCUT2D eigenvalue weighted by Gasteiger charge is -2.47. The summed E-state index contributed by atoms with van der Waals surface area (Å²) in [7, 11) is 0. The molecule has 0 unspecified atom stereocenters. The van der Waals surface area contributed by atoms with E-state index >= 15 is 0 Å². The molecule has 0 heterocycles. The molecule has 0 aliphatic heterocycles. The van der Waals surface area contributed by atoms with Crippen molar-refractivity contribution in [1.82, 2.24) is 0 Å². The van der Waals surface area contributed by atoms with E-state index in [0.717, 1.165) is 12.8 Å². The predicted molar refractivity (Wildman–Crippen MR) is 62.6 cm³/mol. The van der Waals surface area contributed by atoms with Gasteiger partial charge in [0.05, 0.1) is 0 Å². The standard InChI is InChI=1S/C14H24O/c1-10(2)11-8-12-6-4-5-7-14(12,3)13(15)9-11/h10-12H,4-9H2,1-3H3/t11-,12+,14+/m0/s1. The fourth-order valence-corrected chi connectivity index (χ4v) is 3.58. The zero-order chi connectivity index (χ0) is 11.1. The third kappa shape index (κ3) is 1.86. The van der Waals surface area contributed by atoms with Crippen molar-refractivity contribution in [2.45, 2.75) is 59.3 Å². The highest BCUT2D eigenvalue weighted by Gasteiger charge is 2.47. The minimum atomic E-state index is 0.0592. The molecule has 2 fully saturated rings. The molecule has 2 aliphatic rings. The molecule has 0 aromatic carbocycles. The molecule has 1 nitrogen and oxygen atoms in total. The highest BCUT2D eigenvalue weighted by molar-refractivity contribution is 5.86. The summed E-state index contributed by atoms with van der Waals surface area (Å²) >= 11 is 0. The van der Waals surface area contributed by atoms with Gasteiger partial charge in [-0.05, 0) is 37.0 Å². The fraction of sp³-hybridized carbons (Fsp3) is 0.929. The van der Waals surface area contributed by atoms with Crippen LogP contribution in [0.5, 0.6) is 0 Å². The van der Waals surface area contributed by atoms with Crippen molar-refractivity contribution < 1.29 is 4.79 Å². The Kier molecular flexibility index (Phi) is 2.92. The van der Waals surface area contributed by atoms with Gasteiger partial charge in [0, 0.05) is 11.8 Å². The van der Waals surface area contributed by atoms with E-state index in [1.165, 1.54) is 25.7 Å². The quantitative estimate of drug-likeness (QED) is 0.640. The smallest absolute Gasteiger partial charge is 0.139 e. The number of fused-ring (bicyclic) bond motifs is 1. The van der Waals surface area contributed by atoms with Crippen molar-refractivity contribution in [1.29, 1.82) is 0 Å². The van der Waals surface area contributed by atoms with Gasteiger partial charge >= 0.3 is 0 Å². The molecule has 2 aliphatic carbocycles. The van der Waals surface area contributed by atoms with E-state index in [1.807, 2.05) is 0 Å². The van der Waals surface area contributed by atoms with Gasteiger partial charge in [0.1, 0.15) is 5.78 Å². The van der Waals surface area contributed by atoms with Crippen molar-refractivity contribution in [3.05, 3.63) is 0 Å². The molecule has 0 bridgehead atoms.